The van der Waals surface area contributed by atoms with E-state index in [1.165, 1.54) is 42.5 Å². The lowest BCUT2D eigenvalue weighted by molar-refractivity contribution is 0.465. The van der Waals surface area contributed by atoms with Crippen molar-refractivity contribution in [2.45, 2.75) is 4.90 Å². The molecule has 0 unspecified atom stereocenters. The molecular weight excluding hydrogens is 376 g/mol. The van der Waals surface area contributed by atoms with Crippen molar-refractivity contribution in [3.8, 4) is 5.75 Å². The van der Waals surface area contributed by atoms with Gasteiger partial charge >= 0.3 is 10.3 Å². The van der Waals surface area contributed by atoms with Crippen LogP contribution in [0.5, 0.6) is 5.75 Å². The Labute approximate surface area is 143 Å². The van der Waals surface area contributed by atoms with Crippen LogP contribution in [0.25, 0.3) is 10.9 Å². The van der Waals surface area contributed by atoms with Crippen molar-refractivity contribution in [3.63, 3.8) is 0 Å². The van der Waals surface area contributed by atoms with Crippen LogP contribution in [0.15, 0.2) is 47.4 Å². The van der Waals surface area contributed by atoms with Crippen molar-refractivity contribution in [2.75, 3.05) is 6.26 Å². The topological polar surface area (TPSA) is 95.3 Å². The first-order valence-electron chi connectivity index (χ1n) is 6.48. The average Bonchev–Trinajstić information content (AvgIpc) is 2.85. The molecule has 125 valence electrons. The summed E-state index contributed by atoms with van der Waals surface area (Å²) < 4.78 is 54.2. The van der Waals surface area contributed by atoms with Crippen LogP contribution in [-0.2, 0) is 20.1 Å². The third-order valence-corrected chi connectivity index (χ3v) is 5.61. The molecule has 1 radical (unpaired) electrons. The van der Waals surface area contributed by atoms with E-state index in [1.807, 2.05) is 0 Å². The Balaban J connectivity index is 2.14. The zero-order valence-electron chi connectivity index (χ0n) is 12.2. The fourth-order valence-corrected chi connectivity index (χ4v) is 4.24. The van der Waals surface area contributed by atoms with Crippen molar-refractivity contribution < 1.29 is 21.0 Å². The summed E-state index contributed by atoms with van der Waals surface area (Å²) in [6.45, 7) is 0. The van der Waals surface area contributed by atoms with E-state index in [0.29, 0.717) is 9.47 Å². The highest BCUT2D eigenvalue weighted by molar-refractivity contribution is 7.91. The fourth-order valence-electron chi connectivity index (χ4n) is 2.09. The Morgan fingerprint density at radius 2 is 1.88 bits per heavy atom. The van der Waals surface area contributed by atoms with Crippen molar-refractivity contribution >= 4 is 42.6 Å². The maximum atomic E-state index is 12.5. The van der Waals surface area contributed by atoms with Gasteiger partial charge in [0.15, 0.2) is 20.7 Å². The number of halogens is 1. The highest BCUT2D eigenvalue weighted by Crippen LogP contribution is 2.28. The van der Waals surface area contributed by atoms with Crippen molar-refractivity contribution in [2.24, 2.45) is 0 Å². The molecule has 0 N–H and O–H groups in total. The summed E-state index contributed by atoms with van der Waals surface area (Å²) in [5, 5.41) is 4.09. The molecule has 1 aromatic heterocycles. The minimum absolute atomic E-state index is 0.0366. The number of benzene rings is 2. The molecule has 0 saturated heterocycles. The number of fused-ring (bicyclic) bond motifs is 1. The number of aromatic nitrogens is 2. The molecule has 0 bridgehead atoms. The predicted octanol–water partition coefficient (Wildman–Crippen LogP) is 2.07. The lowest BCUT2D eigenvalue weighted by Gasteiger charge is -2.10. The second-order valence-electron chi connectivity index (χ2n) is 4.84. The second-order valence-corrected chi connectivity index (χ2v) is 8.55. The molecule has 0 aliphatic rings. The first-order valence-corrected chi connectivity index (χ1v) is 10.1. The van der Waals surface area contributed by atoms with Crippen molar-refractivity contribution in [3.05, 3.63) is 53.7 Å². The molecule has 10 heteroatoms. The summed E-state index contributed by atoms with van der Waals surface area (Å²) in [5.74, 6) is -0.317. The van der Waals surface area contributed by atoms with E-state index in [-0.39, 0.29) is 21.3 Å². The van der Waals surface area contributed by atoms with Gasteiger partial charge < -0.3 is 4.18 Å². The van der Waals surface area contributed by atoms with Crippen LogP contribution in [-0.4, -0.2) is 32.3 Å². The third kappa shape index (κ3) is 2.97. The standard InChI is InChI=1S/C14H10ClN2O5S2/c1-23(18,19)13-9-5-4-8-12(13)22-24(20,21)17-11-7-3-2-6-10(11)14(15)16-17/h3-9H,1H3. The van der Waals surface area contributed by atoms with Gasteiger partial charge in [-0.25, -0.2) is 8.42 Å². The van der Waals surface area contributed by atoms with Gasteiger partial charge in [-0.15, -0.1) is 9.19 Å². The van der Waals surface area contributed by atoms with E-state index in [1.54, 1.807) is 0 Å². The summed E-state index contributed by atoms with van der Waals surface area (Å²) in [6.07, 6.45) is 0.956. The molecule has 0 atom stereocenters. The van der Waals surface area contributed by atoms with E-state index >= 15 is 0 Å². The zero-order chi connectivity index (χ0) is 17.5. The van der Waals surface area contributed by atoms with E-state index in [4.69, 9.17) is 15.8 Å². The Kier molecular flexibility index (Phi) is 4.02. The van der Waals surface area contributed by atoms with E-state index < -0.39 is 20.1 Å². The largest absolute Gasteiger partial charge is 0.429 e. The molecule has 7 nitrogen and oxygen atoms in total. The van der Waals surface area contributed by atoms with Crippen LogP contribution in [0.4, 0.5) is 0 Å². The smallest absolute Gasteiger partial charge is 0.364 e. The second kappa shape index (κ2) is 5.76. The minimum atomic E-state index is -4.46. The van der Waals surface area contributed by atoms with Gasteiger partial charge in [-0.1, -0.05) is 29.8 Å². The Bertz CT molecular complexity index is 1140. The molecule has 2 aromatic carbocycles. The monoisotopic (exact) mass is 385 g/mol. The highest BCUT2D eigenvalue weighted by Gasteiger charge is 2.25. The molecule has 0 aliphatic carbocycles. The van der Waals surface area contributed by atoms with Crippen LogP contribution < -0.4 is 4.18 Å². The lowest BCUT2D eigenvalue weighted by atomic mass is 10.3. The van der Waals surface area contributed by atoms with Crippen LogP contribution in [0.3, 0.4) is 0 Å². The maximum absolute atomic E-state index is 12.5. The quantitative estimate of drug-likeness (QED) is 0.682. The molecular formula is C14H10ClN2O5S2. The van der Waals surface area contributed by atoms with E-state index in [9.17, 15) is 16.8 Å². The molecule has 24 heavy (non-hydrogen) atoms. The molecule has 1 heterocycles. The van der Waals surface area contributed by atoms with Crippen LogP contribution in [0, 0.1) is 6.07 Å². The molecule has 0 saturated carbocycles. The predicted molar refractivity (Wildman–Crippen MR) is 88.1 cm³/mol. The number of nitrogens with zero attached hydrogens (tertiary/aromatic N) is 2. The van der Waals surface area contributed by atoms with Gasteiger partial charge in [-0.2, -0.15) is 8.42 Å². The number of sulfone groups is 1. The highest BCUT2D eigenvalue weighted by atomic mass is 35.5. The van der Waals surface area contributed by atoms with Crippen LogP contribution in [0.1, 0.15) is 0 Å². The Morgan fingerprint density at radius 3 is 2.58 bits per heavy atom. The van der Waals surface area contributed by atoms with Gasteiger partial charge in [0.2, 0.25) is 0 Å². The fraction of sp³-hybridized carbons (Fsp3) is 0.0714. The summed E-state index contributed by atoms with van der Waals surface area (Å²) in [7, 11) is -8.13. The minimum Gasteiger partial charge on any atom is -0.364 e. The SMILES string of the molecule is CS(=O)(=O)c1ccccc1OS(=O)(=O)n1nc(Cl)c2c[c]ccc21. The van der Waals surface area contributed by atoms with Gasteiger partial charge in [-0.3, -0.25) is 0 Å². The molecule has 3 aromatic rings. The van der Waals surface area contributed by atoms with E-state index in [2.05, 4.69) is 11.2 Å². The molecule has 0 amide bonds. The molecule has 0 aliphatic heterocycles. The van der Waals surface area contributed by atoms with Gasteiger partial charge in [0.05, 0.1) is 5.52 Å². The Hall–Kier alpha value is -2.10. The van der Waals surface area contributed by atoms with Crippen molar-refractivity contribution in [1.82, 2.24) is 9.19 Å². The average molecular weight is 386 g/mol. The van der Waals surface area contributed by atoms with E-state index in [0.717, 1.165) is 6.26 Å². The number of hydrogen-bond acceptors (Lipinski definition) is 6. The third-order valence-electron chi connectivity index (χ3n) is 3.10. The molecule has 3 rings (SSSR count). The first kappa shape index (κ1) is 16.7. The maximum Gasteiger partial charge on any atom is 0.429 e. The van der Waals surface area contributed by atoms with Gasteiger partial charge in [0, 0.05) is 11.6 Å². The van der Waals surface area contributed by atoms with Gasteiger partial charge in [0.1, 0.15) is 4.90 Å². The number of hydrogen-bond donors (Lipinski definition) is 0. The summed E-state index contributed by atoms with van der Waals surface area (Å²) in [6, 6.07) is 12.6. The van der Waals surface area contributed by atoms with Gasteiger partial charge in [-0.05, 0) is 30.3 Å². The summed E-state index contributed by atoms with van der Waals surface area (Å²) in [5.41, 5.74) is 0.190. The first-order chi connectivity index (χ1) is 11.2. The molecule has 0 fully saturated rings. The molecule has 0 spiro atoms. The Morgan fingerprint density at radius 1 is 1.17 bits per heavy atom. The van der Waals surface area contributed by atoms with Gasteiger partial charge in [0.25, 0.3) is 0 Å². The normalized spacial score (nSPS) is 12.4. The number of para-hydroxylation sites is 1. The van der Waals surface area contributed by atoms with Crippen molar-refractivity contribution in [1.29, 1.82) is 0 Å². The van der Waals surface area contributed by atoms with Crippen LogP contribution >= 0.6 is 11.6 Å². The summed E-state index contributed by atoms with van der Waals surface area (Å²) >= 11 is 5.92. The van der Waals surface area contributed by atoms with Crippen LogP contribution in [0.2, 0.25) is 5.15 Å². The number of rotatable bonds is 4. The lowest BCUT2D eigenvalue weighted by Crippen LogP contribution is -2.21. The summed E-state index contributed by atoms with van der Waals surface area (Å²) in [4.78, 5) is -0.246. The zero-order valence-corrected chi connectivity index (χ0v) is 14.6.